The number of rotatable bonds is 4. The fourth-order valence-electron chi connectivity index (χ4n) is 3.66. The van der Waals surface area contributed by atoms with E-state index in [1.165, 1.54) is 24.6 Å². The molecule has 0 bridgehead atoms. The van der Waals surface area contributed by atoms with Gasteiger partial charge in [-0.2, -0.15) is 0 Å². The maximum absolute atomic E-state index is 13.0. The number of benzene rings is 2. The Labute approximate surface area is 171 Å². The standard InChI is InChI=1S/C24H27FN2O2/c1-16(19-7-10-21(25)11-8-19)15-23(28)26-22-12-9-20(14-17(22)2)24(29)27-13-5-4-6-18(27)3/h7-12,14-15,18H,4-6,13H2,1-3H3,(H,26,28)/b16-15+. The summed E-state index contributed by atoms with van der Waals surface area (Å²) in [4.78, 5) is 27.1. The van der Waals surface area contributed by atoms with Crippen molar-refractivity contribution in [1.29, 1.82) is 0 Å². The van der Waals surface area contributed by atoms with Crippen LogP contribution in [0.2, 0.25) is 0 Å². The highest BCUT2D eigenvalue weighted by molar-refractivity contribution is 6.04. The highest BCUT2D eigenvalue weighted by atomic mass is 19.1. The smallest absolute Gasteiger partial charge is 0.254 e. The molecule has 0 spiro atoms. The number of carbonyl (C=O) groups is 2. The number of hydrogen-bond donors (Lipinski definition) is 1. The van der Waals surface area contributed by atoms with Gasteiger partial charge in [0.15, 0.2) is 0 Å². The summed E-state index contributed by atoms with van der Waals surface area (Å²) in [7, 11) is 0. The van der Waals surface area contributed by atoms with Crippen LogP contribution < -0.4 is 5.32 Å². The maximum atomic E-state index is 13.0. The van der Waals surface area contributed by atoms with Gasteiger partial charge in [0.05, 0.1) is 0 Å². The molecule has 2 aromatic carbocycles. The normalized spacial score (nSPS) is 17.2. The molecule has 4 nitrogen and oxygen atoms in total. The number of likely N-dealkylation sites (tertiary alicyclic amines) is 1. The lowest BCUT2D eigenvalue weighted by Gasteiger charge is -2.33. The van der Waals surface area contributed by atoms with Gasteiger partial charge in [-0.3, -0.25) is 9.59 Å². The Morgan fingerprint density at radius 2 is 1.79 bits per heavy atom. The van der Waals surface area contributed by atoms with E-state index in [4.69, 9.17) is 0 Å². The molecule has 1 unspecified atom stereocenters. The average molecular weight is 394 g/mol. The fourth-order valence-corrected chi connectivity index (χ4v) is 3.66. The molecule has 1 saturated heterocycles. The van der Waals surface area contributed by atoms with Crippen molar-refractivity contribution in [3.05, 3.63) is 71.0 Å². The number of nitrogens with zero attached hydrogens (tertiary/aromatic N) is 1. The second-order valence-electron chi connectivity index (χ2n) is 7.70. The Kier molecular flexibility index (Phi) is 6.47. The molecule has 1 atom stereocenters. The van der Waals surface area contributed by atoms with Gasteiger partial charge in [-0.1, -0.05) is 12.1 Å². The maximum Gasteiger partial charge on any atom is 0.254 e. The Balaban J connectivity index is 1.70. The van der Waals surface area contributed by atoms with Crippen LogP contribution in [0.4, 0.5) is 10.1 Å². The molecular formula is C24H27FN2O2. The zero-order valence-corrected chi connectivity index (χ0v) is 17.2. The van der Waals surface area contributed by atoms with E-state index in [1.807, 2.05) is 17.9 Å². The van der Waals surface area contributed by atoms with Crippen LogP contribution in [0, 0.1) is 12.7 Å². The topological polar surface area (TPSA) is 49.4 Å². The quantitative estimate of drug-likeness (QED) is 0.726. The summed E-state index contributed by atoms with van der Waals surface area (Å²) < 4.78 is 13.0. The molecule has 0 aromatic heterocycles. The number of anilines is 1. The van der Waals surface area contributed by atoms with Crippen LogP contribution in [0.15, 0.2) is 48.5 Å². The molecule has 1 heterocycles. The number of halogens is 1. The monoisotopic (exact) mass is 394 g/mol. The minimum Gasteiger partial charge on any atom is -0.336 e. The van der Waals surface area contributed by atoms with Crippen molar-refractivity contribution in [2.24, 2.45) is 0 Å². The third-order valence-electron chi connectivity index (χ3n) is 5.44. The lowest BCUT2D eigenvalue weighted by atomic mass is 10.0. The van der Waals surface area contributed by atoms with Crippen LogP contribution in [0.25, 0.3) is 5.57 Å². The summed E-state index contributed by atoms with van der Waals surface area (Å²) in [5, 5.41) is 2.86. The molecular weight excluding hydrogens is 367 g/mol. The van der Waals surface area contributed by atoms with Gasteiger partial charge in [-0.15, -0.1) is 0 Å². The molecule has 3 rings (SSSR count). The van der Waals surface area contributed by atoms with E-state index < -0.39 is 0 Å². The van der Waals surface area contributed by atoms with E-state index in [1.54, 1.807) is 31.2 Å². The summed E-state index contributed by atoms with van der Waals surface area (Å²) in [6, 6.07) is 11.6. The molecule has 0 aliphatic carbocycles. The van der Waals surface area contributed by atoms with Gasteiger partial charge in [-0.25, -0.2) is 4.39 Å². The second-order valence-corrected chi connectivity index (χ2v) is 7.70. The predicted molar refractivity (Wildman–Crippen MR) is 114 cm³/mol. The number of piperidine rings is 1. The summed E-state index contributed by atoms with van der Waals surface area (Å²) >= 11 is 0. The lowest BCUT2D eigenvalue weighted by Crippen LogP contribution is -2.42. The summed E-state index contributed by atoms with van der Waals surface area (Å²) in [5.74, 6) is -0.529. The number of nitrogens with one attached hydrogen (secondary N) is 1. The summed E-state index contributed by atoms with van der Waals surface area (Å²) in [6.07, 6.45) is 4.74. The fraction of sp³-hybridized carbons (Fsp3) is 0.333. The van der Waals surface area contributed by atoms with Crippen molar-refractivity contribution >= 4 is 23.1 Å². The van der Waals surface area contributed by atoms with E-state index >= 15 is 0 Å². The van der Waals surface area contributed by atoms with Gasteiger partial charge in [0.1, 0.15) is 5.82 Å². The minimum atomic E-state index is -0.310. The molecule has 5 heteroatoms. The third-order valence-corrected chi connectivity index (χ3v) is 5.44. The molecule has 2 amide bonds. The SMILES string of the molecule is C/C(=C\C(=O)Nc1ccc(C(=O)N2CCCCC2C)cc1C)c1ccc(F)cc1. The molecule has 2 aromatic rings. The third kappa shape index (κ3) is 5.11. The minimum absolute atomic E-state index is 0.0465. The number of amides is 2. The Morgan fingerprint density at radius 1 is 1.10 bits per heavy atom. The van der Waals surface area contributed by atoms with Crippen LogP contribution in [0.1, 0.15) is 54.6 Å². The van der Waals surface area contributed by atoms with Gasteiger partial charge in [0, 0.05) is 29.9 Å². The van der Waals surface area contributed by atoms with Crippen LogP contribution in [-0.2, 0) is 4.79 Å². The van der Waals surface area contributed by atoms with Crippen molar-refractivity contribution in [3.63, 3.8) is 0 Å². The zero-order chi connectivity index (χ0) is 21.0. The first kappa shape index (κ1) is 20.8. The number of hydrogen-bond acceptors (Lipinski definition) is 2. The van der Waals surface area contributed by atoms with E-state index in [9.17, 15) is 14.0 Å². The van der Waals surface area contributed by atoms with Crippen molar-refractivity contribution in [2.75, 3.05) is 11.9 Å². The van der Waals surface area contributed by atoms with Gasteiger partial charge in [0.2, 0.25) is 5.91 Å². The first-order valence-electron chi connectivity index (χ1n) is 10.0. The number of allylic oxidation sites excluding steroid dienone is 1. The van der Waals surface area contributed by atoms with Crippen LogP contribution >= 0.6 is 0 Å². The largest absolute Gasteiger partial charge is 0.336 e. The molecule has 152 valence electrons. The predicted octanol–water partition coefficient (Wildman–Crippen LogP) is 5.19. The summed E-state index contributed by atoms with van der Waals surface area (Å²) in [6.45, 7) is 6.57. The number of carbonyl (C=O) groups excluding carboxylic acids is 2. The molecule has 1 aliphatic rings. The van der Waals surface area contributed by atoms with Gasteiger partial charge < -0.3 is 10.2 Å². The Morgan fingerprint density at radius 3 is 2.45 bits per heavy atom. The van der Waals surface area contributed by atoms with Crippen LogP contribution in [0.5, 0.6) is 0 Å². The Bertz CT molecular complexity index is 934. The summed E-state index contributed by atoms with van der Waals surface area (Å²) in [5.41, 5.74) is 3.68. The first-order chi connectivity index (χ1) is 13.8. The van der Waals surface area contributed by atoms with E-state index in [0.717, 1.165) is 36.1 Å². The highest BCUT2D eigenvalue weighted by Crippen LogP contribution is 2.23. The van der Waals surface area contributed by atoms with Gasteiger partial charge in [-0.05, 0) is 87.1 Å². The zero-order valence-electron chi connectivity index (χ0n) is 17.2. The van der Waals surface area contributed by atoms with Crippen LogP contribution in [-0.4, -0.2) is 29.3 Å². The van der Waals surface area contributed by atoms with Crippen molar-refractivity contribution in [2.45, 2.75) is 46.1 Å². The molecule has 1 fully saturated rings. The molecule has 1 aliphatic heterocycles. The van der Waals surface area contributed by atoms with Crippen LogP contribution in [0.3, 0.4) is 0 Å². The lowest BCUT2D eigenvalue weighted by molar-refractivity contribution is -0.111. The number of aryl methyl sites for hydroxylation is 1. The molecule has 29 heavy (non-hydrogen) atoms. The molecule has 0 radical (unpaired) electrons. The van der Waals surface area contributed by atoms with Crippen molar-refractivity contribution < 1.29 is 14.0 Å². The average Bonchev–Trinajstić information content (AvgIpc) is 2.69. The highest BCUT2D eigenvalue weighted by Gasteiger charge is 2.24. The van der Waals surface area contributed by atoms with Crippen molar-refractivity contribution in [3.8, 4) is 0 Å². The Hall–Kier alpha value is -2.95. The first-order valence-corrected chi connectivity index (χ1v) is 10.0. The van der Waals surface area contributed by atoms with Gasteiger partial charge in [0.25, 0.3) is 5.91 Å². The second kappa shape index (κ2) is 9.03. The molecule has 1 N–H and O–H groups in total. The molecule has 0 saturated carbocycles. The van der Waals surface area contributed by atoms with E-state index in [-0.39, 0.29) is 23.7 Å². The van der Waals surface area contributed by atoms with Crippen molar-refractivity contribution in [1.82, 2.24) is 4.90 Å². The van der Waals surface area contributed by atoms with Gasteiger partial charge >= 0.3 is 0 Å². The van der Waals surface area contributed by atoms with E-state index in [0.29, 0.717) is 11.3 Å². The van der Waals surface area contributed by atoms with E-state index in [2.05, 4.69) is 12.2 Å².